The average molecular weight is 266 g/mol. The van der Waals surface area contributed by atoms with Crippen molar-refractivity contribution in [3.63, 3.8) is 0 Å². The highest BCUT2D eigenvalue weighted by atomic mass is 32.2. The lowest BCUT2D eigenvalue weighted by atomic mass is 9.98. The van der Waals surface area contributed by atoms with Crippen molar-refractivity contribution in [3.05, 3.63) is 23.9 Å². The quantitative estimate of drug-likeness (QED) is 0.845. The third kappa shape index (κ3) is 2.84. The molecule has 4 nitrogen and oxygen atoms in total. The number of thioether (sulfide) groups is 1. The SMILES string of the molecule is CSc1ncccc1C(=O)N1CCCC(CO)C1. The molecule has 98 valence electrons. The predicted molar refractivity (Wildman–Crippen MR) is 71.7 cm³/mol. The summed E-state index contributed by atoms with van der Waals surface area (Å²) in [5.74, 6) is 0.253. The molecule has 2 rings (SSSR count). The maximum Gasteiger partial charge on any atom is 0.256 e. The Morgan fingerprint density at radius 3 is 3.22 bits per heavy atom. The summed E-state index contributed by atoms with van der Waals surface area (Å²) in [5.41, 5.74) is 0.670. The summed E-state index contributed by atoms with van der Waals surface area (Å²) in [6.45, 7) is 1.59. The third-order valence-electron chi connectivity index (χ3n) is 3.26. The average Bonchev–Trinajstić information content (AvgIpc) is 2.46. The first-order chi connectivity index (χ1) is 8.76. The molecule has 2 heterocycles. The van der Waals surface area contributed by atoms with Crippen LogP contribution in [-0.2, 0) is 0 Å². The van der Waals surface area contributed by atoms with Gasteiger partial charge < -0.3 is 10.0 Å². The number of pyridine rings is 1. The van der Waals surface area contributed by atoms with E-state index in [-0.39, 0.29) is 18.4 Å². The number of amides is 1. The molecule has 1 N–H and O–H groups in total. The summed E-state index contributed by atoms with van der Waals surface area (Å²) < 4.78 is 0. The van der Waals surface area contributed by atoms with Crippen LogP contribution >= 0.6 is 11.8 Å². The van der Waals surface area contributed by atoms with Gasteiger partial charge in [-0.2, -0.15) is 0 Å². The monoisotopic (exact) mass is 266 g/mol. The van der Waals surface area contributed by atoms with Crippen LogP contribution in [0.1, 0.15) is 23.2 Å². The molecule has 0 radical (unpaired) electrons. The van der Waals surface area contributed by atoms with E-state index in [1.807, 2.05) is 17.2 Å². The van der Waals surface area contributed by atoms with Crippen LogP contribution in [0.25, 0.3) is 0 Å². The first-order valence-electron chi connectivity index (χ1n) is 6.15. The molecule has 1 saturated heterocycles. The number of carbonyl (C=O) groups is 1. The lowest BCUT2D eigenvalue weighted by Gasteiger charge is -2.32. The molecule has 0 aromatic carbocycles. The lowest BCUT2D eigenvalue weighted by molar-refractivity contribution is 0.0616. The Morgan fingerprint density at radius 2 is 2.50 bits per heavy atom. The Labute approximate surface area is 111 Å². The molecular formula is C13H18N2O2S. The van der Waals surface area contributed by atoms with Crippen molar-refractivity contribution < 1.29 is 9.90 Å². The van der Waals surface area contributed by atoms with E-state index >= 15 is 0 Å². The molecule has 1 aliphatic rings. The fourth-order valence-corrected chi connectivity index (χ4v) is 2.83. The first kappa shape index (κ1) is 13.4. The normalized spacial score (nSPS) is 19.9. The number of rotatable bonds is 3. The molecule has 1 aliphatic heterocycles. The molecule has 5 heteroatoms. The molecule has 1 atom stereocenters. The summed E-state index contributed by atoms with van der Waals surface area (Å²) in [7, 11) is 0. The van der Waals surface area contributed by atoms with Crippen molar-refractivity contribution in [2.24, 2.45) is 5.92 Å². The van der Waals surface area contributed by atoms with Crippen LogP contribution in [0.5, 0.6) is 0 Å². The van der Waals surface area contributed by atoms with Gasteiger partial charge in [0.15, 0.2) is 0 Å². The minimum Gasteiger partial charge on any atom is -0.396 e. The predicted octanol–water partition coefficient (Wildman–Crippen LogP) is 1.65. The van der Waals surface area contributed by atoms with Crippen LogP contribution in [0.2, 0.25) is 0 Å². The molecule has 1 unspecified atom stereocenters. The molecule has 1 amide bonds. The van der Waals surface area contributed by atoms with Gasteiger partial charge in [-0.25, -0.2) is 4.98 Å². The molecule has 1 aromatic rings. The maximum atomic E-state index is 12.4. The smallest absolute Gasteiger partial charge is 0.256 e. The number of aliphatic hydroxyl groups is 1. The number of carbonyl (C=O) groups excluding carboxylic acids is 1. The first-order valence-corrected chi connectivity index (χ1v) is 7.38. The zero-order valence-corrected chi connectivity index (χ0v) is 11.3. The molecule has 18 heavy (non-hydrogen) atoms. The topological polar surface area (TPSA) is 53.4 Å². The van der Waals surface area contributed by atoms with E-state index in [2.05, 4.69) is 4.98 Å². The summed E-state index contributed by atoms with van der Waals surface area (Å²) in [6, 6.07) is 3.62. The number of hydrogen-bond donors (Lipinski definition) is 1. The second-order valence-corrected chi connectivity index (χ2v) is 5.30. The Bertz CT molecular complexity index is 425. The number of aromatic nitrogens is 1. The van der Waals surface area contributed by atoms with Crippen molar-refractivity contribution in [1.29, 1.82) is 0 Å². The Morgan fingerprint density at radius 1 is 1.67 bits per heavy atom. The van der Waals surface area contributed by atoms with Gasteiger partial charge in [-0.05, 0) is 37.1 Å². The number of nitrogens with zero attached hydrogens (tertiary/aromatic N) is 2. The molecule has 0 aliphatic carbocycles. The zero-order valence-electron chi connectivity index (χ0n) is 10.5. The molecule has 0 bridgehead atoms. The number of hydrogen-bond acceptors (Lipinski definition) is 4. The standard InChI is InChI=1S/C13H18N2O2S/c1-18-12-11(5-2-6-14-12)13(17)15-7-3-4-10(8-15)9-16/h2,5-6,10,16H,3-4,7-9H2,1H3. The Kier molecular flexibility index (Phi) is 4.60. The maximum absolute atomic E-state index is 12.4. The van der Waals surface area contributed by atoms with Gasteiger partial charge in [-0.15, -0.1) is 11.8 Å². The molecule has 0 saturated carbocycles. The highest BCUT2D eigenvalue weighted by molar-refractivity contribution is 7.98. The van der Waals surface area contributed by atoms with E-state index in [1.165, 1.54) is 11.8 Å². The van der Waals surface area contributed by atoms with E-state index < -0.39 is 0 Å². The Balaban J connectivity index is 2.15. The minimum atomic E-state index is 0.0330. The fraction of sp³-hybridized carbons (Fsp3) is 0.538. The second-order valence-electron chi connectivity index (χ2n) is 4.50. The lowest BCUT2D eigenvalue weighted by Crippen LogP contribution is -2.41. The molecule has 0 spiro atoms. The second kappa shape index (κ2) is 6.20. The van der Waals surface area contributed by atoms with Gasteiger partial charge in [-0.1, -0.05) is 0 Å². The van der Waals surface area contributed by atoms with Crippen molar-refractivity contribution in [3.8, 4) is 0 Å². The zero-order chi connectivity index (χ0) is 13.0. The van der Waals surface area contributed by atoms with Gasteiger partial charge in [0.25, 0.3) is 5.91 Å². The highest BCUT2D eigenvalue weighted by Crippen LogP contribution is 2.22. The number of aliphatic hydroxyl groups excluding tert-OH is 1. The van der Waals surface area contributed by atoms with Gasteiger partial charge in [0, 0.05) is 25.9 Å². The van der Waals surface area contributed by atoms with Gasteiger partial charge >= 0.3 is 0 Å². The van der Waals surface area contributed by atoms with Crippen LogP contribution in [0, 0.1) is 5.92 Å². The van der Waals surface area contributed by atoms with Gasteiger partial charge in [-0.3, -0.25) is 4.79 Å². The fourth-order valence-electron chi connectivity index (χ4n) is 2.29. The number of piperidine rings is 1. The summed E-state index contributed by atoms with van der Waals surface area (Å²) in [6.07, 6.45) is 5.59. The van der Waals surface area contributed by atoms with Crippen LogP contribution in [0.3, 0.4) is 0 Å². The molecular weight excluding hydrogens is 248 g/mol. The third-order valence-corrected chi connectivity index (χ3v) is 3.97. The van der Waals surface area contributed by atoms with E-state index in [9.17, 15) is 9.90 Å². The van der Waals surface area contributed by atoms with Gasteiger partial charge in [0.2, 0.25) is 0 Å². The van der Waals surface area contributed by atoms with E-state index in [1.54, 1.807) is 12.3 Å². The largest absolute Gasteiger partial charge is 0.396 e. The Hall–Kier alpha value is -1.07. The highest BCUT2D eigenvalue weighted by Gasteiger charge is 2.25. The van der Waals surface area contributed by atoms with Gasteiger partial charge in [0.05, 0.1) is 5.56 Å². The van der Waals surface area contributed by atoms with E-state index in [0.717, 1.165) is 24.4 Å². The van der Waals surface area contributed by atoms with Crippen LogP contribution < -0.4 is 0 Å². The van der Waals surface area contributed by atoms with Crippen LogP contribution in [0.15, 0.2) is 23.4 Å². The van der Waals surface area contributed by atoms with Crippen molar-refractivity contribution in [2.75, 3.05) is 26.0 Å². The molecule has 1 aromatic heterocycles. The van der Waals surface area contributed by atoms with Crippen molar-refractivity contribution in [2.45, 2.75) is 17.9 Å². The van der Waals surface area contributed by atoms with Gasteiger partial charge in [0.1, 0.15) is 5.03 Å². The van der Waals surface area contributed by atoms with Crippen LogP contribution in [-0.4, -0.2) is 46.8 Å². The number of likely N-dealkylation sites (tertiary alicyclic amines) is 1. The van der Waals surface area contributed by atoms with E-state index in [0.29, 0.717) is 12.1 Å². The van der Waals surface area contributed by atoms with E-state index in [4.69, 9.17) is 0 Å². The summed E-state index contributed by atoms with van der Waals surface area (Å²) >= 11 is 1.49. The van der Waals surface area contributed by atoms with Crippen molar-refractivity contribution >= 4 is 17.7 Å². The molecule has 1 fully saturated rings. The minimum absolute atomic E-state index is 0.0330. The van der Waals surface area contributed by atoms with Crippen LogP contribution in [0.4, 0.5) is 0 Å². The van der Waals surface area contributed by atoms with Crippen molar-refractivity contribution in [1.82, 2.24) is 9.88 Å². The summed E-state index contributed by atoms with van der Waals surface area (Å²) in [4.78, 5) is 18.5. The summed E-state index contributed by atoms with van der Waals surface area (Å²) in [5, 5.41) is 9.98.